The number of aromatic nitrogens is 3. The summed E-state index contributed by atoms with van der Waals surface area (Å²) >= 11 is 0. The molecule has 0 bridgehead atoms. The summed E-state index contributed by atoms with van der Waals surface area (Å²) in [4.78, 5) is 9.11. The topological polar surface area (TPSA) is 68.6 Å². The molecular weight excluding hydrogens is 310 g/mol. The molecule has 2 aromatic rings. The first-order chi connectivity index (χ1) is 12.0. The second-order valence-corrected chi connectivity index (χ2v) is 7.64. The second-order valence-electron chi connectivity index (χ2n) is 7.64. The van der Waals surface area contributed by atoms with Gasteiger partial charge in [-0.3, -0.25) is 4.99 Å². The van der Waals surface area contributed by atoms with Gasteiger partial charge in [-0.1, -0.05) is 13.8 Å². The van der Waals surface area contributed by atoms with E-state index in [9.17, 15) is 0 Å². The SMILES string of the molecule is CC1=NC2=C(C=C=C(c3ccn4nc(N)ncc34)C3CC23)C1C(C)C. The first kappa shape index (κ1) is 14.7. The third kappa shape index (κ3) is 2.06. The minimum atomic E-state index is 0.287. The van der Waals surface area contributed by atoms with Crippen molar-refractivity contribution in [3.05, 3.63) is 47.1 Å². The van der Waals surface area contributed by atoms with Crippen molar-refractivity contribution in [2.75, 3.05) is 5.73 Å². The summed E-state index contributed by atoms with van der Waals surface area (Å²) in [6, 6.07) is 2.10. The number of rotatable bonds is 2. The van der Waals surface area contributed by atoms with Crippen LogP contribution in [0.3, 0.4) is 0 Å². The van der Waals surface area contributed by atoms with E-state index in [1.54, 1.807) is 10.7 Å². The molecule has 0 amide bonds. The zero-order chi connectivity index (χ0) is 17.3. The molecule has 5 rings (SSSR count). The Morgan fingerprint density at radius 3 is 2.96 bits per heavy atom. The number of nitrogens with two attached hydrogens (primary N) is 1. The van der Waals surface area contributed by atoms with E-state index in [4.69, 9.17) is 10.7 Å². The van der Waals surface area contributed by atoms with Gasteiger partial charge in [-0.2, -0.15) is 0 Å². The lowest BCUT2D eigenvalue weighted by Gasteiger charge is -2.17. The van der Waals surface area contributed by atoms with Crippen LogP contribution in [0.25, 0.3) is 11.1 Å². The van der Waals surface area contributed by atoms with Gasteiger partial charge in [-0.25, -0.2) is 9.50 Å². The third-order valence-corrected chi connectivity index (χ3v) is 5.66. The lowest BCUT2D eigenvalue weighted by atomic mass is 9.85. The lowest BCUT2D eigenvalue weighted by Crippen LogP contribution is -2.16. The standard InChI is InChI=1S/C20H21N5/c1-10(2)18-11(3)23-19-14(18)5-4-12(15-8-16(15)19)13-6-7-25-17(13)9-22-20(21)24-25/h5-7,9-10,15-16,18H,8H2,1-3H3,(H2,21,24). The van der Waals surface area contributed by atoms with E-state index in [-0.39, 0.29) is 5.95 Å². The molecule has 2 N–H and O–H groups in total. The van der Waals surface area contributed by atoms with Crippen LogP contribution in [0.2, 0.25) is 0 Å². The molecule has 0 saturated heterocycles. The van der Waals surface area contributed by atoms with Gasteiger partial charge in [0.2, 0.25) is 5.95 Å². The maximum atomic E-state index is 5.70. The van der Waals surface area contributed by atoms with E-state index in [1.165, 1.54) is 22.6 Å². The van der Waals surface area contributed by atoms with Gasteiger partial charge >= 0.3 is 0 Å². The Labute approximate surface area is 146 Å². The summed E-state index contributed by atoms with van der Waals surface area (Å²) in [5.41, 5.74) is 16.6. The first-order valence-corrected chi connectivity index (χ1v) is 8.90. The van der Waals surface area contributed by atoms with Gasteiger partial charge in [0.05, 0.1) is 11.7 Å². The number of aliphatic imine (C=N–C) groups is 1. The van der Waals surface area contributed by atoms with Crippen molar-refractivity contribution in [1.29, 1.82) is 0 Å². The van der Waals surface area contributed by atoms with E-state index >= 15 is 0 Å². The van der Waals surface area contributed by atoms with Gasteiger partial charge in [0.1, 0.15) is 0 Å². The number of hydrogen-bond acceptors (Lipinski definition) is 4. The average Bonchev–Trinajstić information content (AvgIpc) is 3.16. The molecule has 2 aliphatic carbocycles. The Balaban J connectivity index is 1.64. The van der Waals surface area contributed by atoms with Crippen molar-refractivity contribution < 1.29 is 0 Å². The van der Waals surface area contributed by atoms with Crippen LogP contribution in [0.15, 0.2) is 46.5 Å². The number of allylic oxidation sites excluding steroid dienone is 3. The highest BCUT2D eigenvalue weighted by Gasteiger charge is 2.48. The van der Waals surface area contributed by atoms with Crippen LogP contribution in [-0.4, -0.2) is 20.3 Å². The highest BCUT2D eigenvalue weighted by Crippen LogP contribution is 2.56. The van der Waals surface area contributed by atoms with Gasteiger partial charge in [0, 0.05) is 46.5 Å². The number of anilines is 1. The molecule has 0 radical (unpaired) electrons. The van der Waals surface area contributed by atoms with Crippen LogP contribution in [0.5, 0.6) is 0 Å². The Hall–Kier alpha value is -2.65. The first-order valence-electron chi connectivity index (χ1n) is 8.90. The number of nitrogen functional groups attached to an aromatic ring is 1. The maximum Gasteiger partial charge on any atom is 0.238 e. The molecule has 126 valence electrons. The van der Waals surface area contributed by atoms with E-state index in [1.807, 2.05) is 6.20 Å². The summed E-state index contributed by atoms with van der Waals surface area (Å²) in [6.45, 7) is 6.71. The molecule has 5 heteroatoms. The number of nitrogens with zero attached hydrogens (tertiary/aromatic N) is 4. The van der Waals surface area contributed by atoms with E-state index < -0.39 is 0 Å². The highest BCUT2D eigenvalue weighted by molar-refractivity contribution is 5.93. The molecule has 25 heavy (non-hydrogen) atoms. The molecule has 0 aromatic carbocycles. The quantitative estimate of drug-likeness (QED) is 0.856. The fourth-order valence-electron chi connectivity index (χ4n) is 4.51. The molecule has 3 aliphatic rings. The maximum absolute atomic E-state index is 5.70. The lowest BCUT2D eigenvalue weighted by molar-refractivity contribution is 0.563. The third-order valence-electron chi connectivity index (χ3n) is 5.66. The Kier molecular flexibility index (Phi) is 2.89. The van der Waals surface area contributed by atoms with Crippen molar-refractivity contribution in [3.8, 4) is 0 Å². The van der Waals surface area contributed by atoms with Gasteiger partial charge in [-0.15, -0.1) is 10.8 Å². The van der Waals surface area contributed by atoms with E-state index in [0.717, 1.165) is 17.5 Å². The fraction of sp³-hybridized carbons (Fsp3) is 0.400. The Morgan fingerprint density at radius 2 is 2.16 bits per heavy atom. The number of fused-ring (bicyclic) bond motifs is 3. The minimum absolute atomic E-state index is 0.287. The van der Waals surface area contributed by atoms with Gasteiger partial charge < -0.3 is 5.73 Å². The zero-order valence-corrected chi connectivity index (χ0v) is 14.7. The Morgan fingerprint density at radius 1 is 1.32 bits per heavy atom. The summed E-state index contributed by atoms with van der Waals surface area (Å²) in [6.07, 6.45) is 7.09. The normalized spacial score (nSPS) is 27.3. The van der Waals surface area contributed by atoms with E-state index in [0.29, 0.717) is 23.7 Å². The van der Waals surface area contributed by atoms with Gasteiger partial charge in [0.15, 0.2) is 0 Å². The van der Waals surface area contributed by atoms with Crippen LogP contribution in [0.1, 0.15) is 32.8 Å². The summed E-state index contributed by atoms with van der Waals surface area (Å²) in [5, 5.41) is 4.26. The molecular formula is C20H21N5. The van der Waals surface area contributed by atoms with Crippen molar-refractivity contribution in [2.24, 2.45) is 28.7 Å². The summed E-state index contributed by atoms with van der Waals surface area (Å²) in [7, 11) is 0. The molecule has 1 aliphatic heterocycles. The van der Waals surface area contributed by atoms with Crippen LogP contribution >= 0.6 is 0 Å². The van der Waals surface area contributed by atoms with E-state index in [2.05, 4.69) is 48.7 Å². The molecule has 1 saturated carbocycles. The van der Waals surface area contributed by atoms with Crippen LogP contribution in [0, 0.1) is 23.7 Å². The monoisotopic (exact) mass is 331 g/mol. The smallest absolute Gasteiger partial charge is 0.238 e. The van der Waals surface area contributed by atoms with Gasteiger partial charge in [-0.05, 0) is 37.0 Å². The zero-order valence-electron chi connectivity index (χ0n) is 14.7. The Bertz CT molecular complexity index is 1030. The number of hydrogen-bond donors (Lipinski definition) is 1. The summed E-state index contributed by atoms with van der Waals surface area (Å²) in [5.74, 6) is 2.29. The molecule has 0 spiro atoms. The largest absolute Gasteiger partial charge is 0.367 e. The summed E-state index contributed by atoms with van der Waals surface area (Å²) < 4.78 is 1.80. The van der Waals surface area contributed by atoms with Crippen LogP contribution in [-0.2, 0) is 0 Å². The molecule has 3 heterocycles. The minimum Gasteiger partial charge on any atom is -0.367 e. The fourth-order valence-corrected chi connectivity index (χ4v) is 4.51. The second kappa shape index (κ2) is 4.93. The molecule has 3 unspecified atom stereocenters. The van der Waals surface area contributed by atoms with Gasteiger partial charge in [0.25, 0.3) is 0 Å². The van der Waals surface area contributed by atoms with Crippen molar-refractivity contribution >= 4 is 22.7 Å². The average molecular weight is 331 g/mol. The predicted molar refractivity (Wildman–Crippen MR) is 98.9 cm³/mol. The van der Waals surface area contributed by atoms with Crippen molar-refractivity contribution in [2.45, 2.75) is 27.2 Å². The molecule has 1 fully saturated rings. The molecule has 5 nitrogen and oxygen atoms in total. The van der Waals surface area contributed by atoms with Crippen molar-refractivity contribution in [3.63, 3.8) is 0 Å². The van der Waals surface area contributed by atoms with Crippen molar-refractivity contribution in [1.82, 2.24) is 14.6 Å². The van der Waals surface area contributed by atoms with Crippen LogP contribution < -0.4 is 5.73 Å². The molecule has 2 aromatic heterocycles. The highest BCUT2D eigenvalue weighted by atomic mass is 15.3. The molecule has 3 atom stereocenters. The predicted octanol–water partition coefficient (Wildman–Crippen LogP) is 3.50. The van der Waals surface area contributed by atoms with Crippen LogP contribution in [0.4, 0.5) is 5.95 Å².